The van der Waals surface area contributed by atoms with E-state index >= 15 is 0 Å². The third-order valence-electron chi connectivity index (χ3n) is 7.17. The highest BCUT2D eigenvalue weighted by atomic mass is 16.5. The van der Waals surface area contributed by atoms with Gasteiger partial charge in [0.1, 0.15) is 5.75 Å². The molecule has 0 aliphatic rings. The molecule has 42 heavy (non-hydrogen) atoms. The summed E-state index contributed by atoms with van der Waals surface area (Å²) in [5.74, 6) is 2.03. The zero-order valence-electron chi connectivity index (χ0n) is 24.1. The van der Waals surface area contributed by atoms with E-state index < -0.39 is 0 Å². The van der Waals surface area contributed by atoms with Gasteiger partial charge in [0.15, 0.2) is 16.9 Å². The summed E-state index contributed by atoms with van der Waals surface area (Å²) in [6.07, 6.45) is 1.01. The van der Waals surface area contributed by atoms with E-state index in [4.69, 9.17) is 14.2 Å². The van der Waals surface area contributed by atoms with Crippen molar-refractivity contribution in [1.82, 2.24) is 9.88 Å². The van der Waals surface area contributed by atoms with Crippen molar-refractivity contribution in [2.45, 2.75) is 19.4 Å². The lowest BCUT2D eigenvalue weighted by atomic mass is 10.0. The summed E-state index contributed by atoms with van der Waals surface area (Å²) in [6.45, 7) is 2.24. The van der Waals surface area contributed by atoms with Crippen molar-refractivity contribution < 1.29 is 19.0 Å². The molecule has 5 aromatic rings. The van der Waals surface area contributed by atoms with Gasteiger partial charge in [-0.05, 0) is 79.2 Å². The summed E-state index contributed by atoms with van der Waals surface area (Å²) >= 11 is 0. The third-order valence-corrected chi connectivity index (χ3v) is 7.17. The van der Waals surface area contributed by atoms with Crippen LogP contribution in [-0.4, -0.2) is 50.2 Å². The van der Waals surface area contributed by atoms with Crippen LogP contribution >= 0.6 is 0 Å². The maximum absolute atomic E-state index is 12.9. The SMILES string of the molecule is COc1ccc(CN(C)CCCOc2ccc(NC(=O)Cc3cccc4c(=O)c5ccccc5[nH]c34)cc2)cc1OC. The highest BCUT2D eigenvalue weighted by Crippen LogP contribution is 2.28. The first-order valence-electron chi connectivity index (χ1n) is 13.9. The molecular formula is C34H35N3O5. The molecule has 0 saturated heterocycles. The molecule has 0 aliphatic heterocycles. The van der Waals surface area contributed by atoms with Crippen molar-refractivity contribution in [2.75, 3.05) is 39.7 Å². The second-order valence-corrected chi connectivity index (χ2v) is 10.2. The molecule has 8 nitrogen and oxygen atoms in total. The Labute approximate surface area is 244 Å². The van der Waals surface area contributed by atoms with Gasteiger partial charge >= 0.3 is 0 Å². The minimum atomic E-state index is -0.164. The third kappa shape index (κ3) is 6.72. The molecule has 5 rings (SSSR count). The van der Waals surface area contributed by atoms with Gasteiger partial charge in [0, 0.05) is 35.1 Å². The van der Waals surface area contributed by atoms with E-state index in [1.807, 2.05) is 72.8 Å². The number of ether oxygens (including phenoxy) is 3. The van der Waals surface area contributed by atoms with E-state index in [2.05, 4.69) is 22.2 Å². The second-order valence-electron chi connectivity index (χ2n) is 10.2. The lowest BCUT2D eigenvalue weighted by Gasteiger charge is -2.18. The fourth-order valence-corrected chi connectivity index (χ4v) is 5.06. The number of carbonyl (C=O) groups is 1. The summed E-state index contributed by atoms with van der Waals surface area (Å²) in [5.41, 5.74) is 4.00. The van der Waals surface area contributed by atoms with E-state index in [9.17, 15) is 9.59 Å². The van der Waals surface area contributed by atoms with Crippen LogP contribution in [0.5, 0.6) is 17.2 Å². The van der Waals surface area contributed by atoms with E-state index in [-0.39, 0.29) is 17.8 Å². The lowest BCUT2D eigenvalue weighted by Crippen LogP contribution is -2.20. The number of pyridine rings is 1. The molecule has 1 aromatic heterocycles. The first-order valence-corrected chi connectivity index (χ1v) is 13.9. The molecule has 0 unspecified atom stereocenters. The van der Waals surface area contributed by atoms with Crippen LogP contribution in [0, 0.1) is 0 Å². The van der Waals surface area contributed by atoms with Gasteiger partial charge < -0.3 is 29.4 Å². The predicted molar refractivity (Wildman–Crippen MR) is 167 cm³/mol. The van der Waals surface area contributed by atoms with Crippen LogP contribution in [0.15, 0.2) is 89.7 Å². The van der Waals surface area contributed by atoms with Crippen molar-refractivity contribution in [3.05, 3.63) is 106 Å². The Morgan fingerprint density at radius 3 is 2.43 bits per heavy atom. The van der Waals surface area contributed by atoms with Crippen LogP contribution in [0.1, 0.15) is 17.5 Å². The zero-order chi connectivity index (χ0) is 29.5. The monoisotopic (exact) mass is 565 g/mol. The fourth-order valence-electron chi connectivity index (χ4n) is 5.06. The smallest absolute Gasteiger partial charge is 0.228 e. The number of fused-ring (bicyclic) bond motifs is 2. The van der Waals surface area contributed by atoms with Crippen LogP contribution in [-0.2, 0) is 17.8 Å². The van der Waals surface area contributed by atoms with E-state index in [1.54, 1.807) is 26.4 Å². The molecule has 4 aromatic carbocycles. The maximum Gasteiger partial charge on any atom is 0.228 e. The Kier molecular flexibility index (Phi) is 9.04. The number of carbonyl (C=O) groups excluding carboxylic acids is 1. The van der Waals surface area contributed by atoms with Gasteiger partial charge in [-0.25, -0.2) is 0 Å². The molecule has 0 saturated carbocycles. The molecule has 216 valence electrons. The summed E-state index contributed by atoms with van der Waals surface area (Å²) < 4.78 is 16.6. The lowest BCUT2D eigenvalue weighted by molar-refractivity contribution is -0.115. The quantitative estimate of drug-likeness (QED) is 0.147. The van der Waals surface area contributed by atoms with Crippen LogP contribution in [0.25, 0.3) is 21.8 Å². The van der Waals surface area contributed by atoms with Crippen LogP contribution in [0.2, 0.25) is 0 Å². The number of H-pyrrole nitrogens is 1. The number of hydrogen-bond donors (Lipinski definition) is 2. The molecule has 0 bridgehead atoms. The van der Waals surface area contributed by atoms with Crippen LogP contribution in [0.3, 0.4) is 0 Å². The number of anilines is 1. The van der Waals surface area contributed by atoms with Gasteiger partial charge in [-0.2, -0.15) is 0 Å². The first-order chi connectivity index (χ1) is 20.4. The molecule has 2 N–H and O–H groups in total. The number of para-hydroxylation sites is 2. The highest BCUT2D eigenvalue weighted by Gasteiger charge is 2.12. The molecular weight excluding hydrogens is 530 g/mol. The van der Waals surface area contributed by atoms with Crippen molar-refractivity contribution in [3.63, 3.8) is 0 Å². The molecule has 1 heterocycles. The first kappa shape index (κ1) is 28.7. The fraction of sp³-hybridized carbons (Fsp3) is 0.235. The van der Waals surface area contributed by atoms with Gasteiger partial charge in [-0.15, -0.1) is 0 Å². The van der Waals surface area contributed by atoms with Gasteiger partial charge in [0.25, 0.3) is 0 Å². The molecule has 0 fully saturated rings. The number of nitrogens with one attached hydrogen (secondary N) is 2. The molecule has 1 amide bonds. The zero-order valence-corrected chi connectivity index (χ0v) is 24.1. The number of hydrogen-bond acceptors (Lipinski definition) is 6. The van der Waals surface area contributed by atoms with Gasteiger partial charge in [-0.1, -0.05) is 30.3 Å². The van der Waals surface area contributed by atoms with Gasteiger partial charge in [0.2, 0.25) is 5.91 Å². The van der Waals surface area contributed by atoms with E-state index in [1.165, 1.54) is 0 Å². The number of nitrogens with zero attached hydrogens (tertiary/aromatic N) is 1. The normalized spacial score (nSPS) is 11.1. The molecule has 8 heteroatoms. The number of benzene rings is 4. The maximum atomic E-state index is 12.9. The topological polar surface area (TPSA) is 92.9 Å². The average Bonchev–Trinajstić information content (AvgIpc) is 3.00. The molecule has 0 radical (unpaired) electrons. The number of methoxy groups -OCH3 is 2. The summed E-state index contributed by atoms with van der Waals surface area (Å²) in [5, 5.41) is 4.16. The summed E-state index contributed by atoms with van der Waals surface area (Å²) in [7, 11) is 5.35. The Morgan fingerprint density at radius 2 is 1.64 bits per heavy atom. The number of amides is 1. The molecule has 0 atom stereocenters. The molecule has 0 aliphatic carbocycles. The summed E-state index contributed by atoms with van der Waals surface area (Å²) in [6, 6.07) is 26.2. The van der Waals surface area contributed by atoms with Crippen molar-refractivity contribution in [3.8, 4) is 17.2 Å². The second kappa shape index (κ2) is 13.2. The molecule has 0 spiro atoms. The van der Waals surface area contributed by atoms with E-state index in [0.29, 0.717) is 28.6 Å². The largest absolute Gasteiger partial charge is 0.494 e. The van der Waals surface area contributed by atoms with Crippen LogP contribution < -0.4 is 25.0 Å². The number of rotatable bonds is 12. The average molecular weight is 566 g/mol. The van der Waals surface area contributed by atoms with Crippen LogP contribution in [0.4, 0.5) is 5.69 Å². The van der Waals surface area contributed by atoms with Gasteiger partial charge in [0.05, 0.1) is 32.8 Å². The number of aromatic amines is 1. The van der Waals surface area contributed by atoms with E-state index in [0.717, 1.165) is 53.4 Å². The Morgan fingerprint density at radius 1 is 0.881 bits per heavy atom. The highest BCUT2D eigenvalue weighted by molar-refractivity contribution is 5.98. The minimum absolute atomic E-state index is 0.0400. The van der Waals surface area contributed by atoms with Crippen molar-refractivity contribution in [1.29, 1.82) is 0 Å². The Hall–Kier alpha value is -4.82. The van der Waals surface area contributed by atoms with Gasteiger partial charge in [-0.3, -0.25) is 9.59 Å². The minimum Gasteiger partial charge on any atom is -0.494 e. The van der Waals surface area contributed by atoms with Crippen molar-refractivity contribution >= 4 is 33.4 Å². The Balaban J connectivity index is 1.10. The number of aromatic nitrogens is 1. The summed E-state index contributed by atoms with van der Waals surface area (Å²) in [4.78, 5) is 31.4. The van der Waals surface area contributed by atoms with Crippen molar-refractivity contribution in [2.24, 2.45) is 0 Å². The Bertz CT molecular complexity index is 1750. The predicted octanol–water partition coefficient (Wildman–Crippen LogP) is 5.78. The standard InChI is InChI=1S/C34H35N3O5/c1-37(22-23-12-17-30(40-2)31(20-23)41-3)18-7-19-42-26-15-13-25(14-16-26)35-32(38)21-24-8-6-10-28-33(24)36-29-11-5-4-9-27(29)34(28)39/h4-6,8-17,20H,7,18-19,21-22H2,1-3H3,(H,35,38)(H,36,39).